The smallest absolute Gasteiger partial charge is 0.0386 e. The highest BCUT2D eigenvalue weighted by Gasteiger charge is 2.16. The summed E-state index contributed by atoms with van der Waals surface area (Å²) in [7, 11) is 0. The van der Waals surface area contributed by atoms with E-state index in [4.69, 9.17) is 0 Å². The molecule has 112 valence electrons. The number of nitrogens with one attached hydrogen (secondary N) is 1. The van der Waals surface area contributed by atoms with Crippen molar-refractivity contribution in [3.8, 4) is 0 Å². The van der Waals surface area contributed by atoms with Gasteiger partial charge in [0.1, 0.15) is 0 Å². The zero-order valence-electron chi connectivity index (χ0n) is 13.1. The van der Waals surface area contributed by atoms with E-state index in [1.165, 1.54) is 41.7 Å². The number of fused-ring (bicyclic) bond motifs is 1. The van der Waals surface area contributed by atoms with Crippen LogP contribution in [0.3, 0.4) is 0 Å². The summed E-state index contributed by atoms with van der Waals surface area (Å²) in [6.45, 7) is 5.55. The van der Waals surface area contributed by atoms with Crippen LogP contribution in [0.15, 0.2) is 30.3 Å². The Kier molecular flexibility index (Phi) is 4.77. The summed E-state index contributed by atoms with van der Waals surface area (Å²) in [6.07, 6.45) is 6.46. The monoisotopic (exact) mass is 299 g/mol. The van der Waals surface area contributed by atoms with Gasteiger partial charge in [-0.3, -0.25) is 0 Å². The van der Waals surface area contributed by atoms with Crippen LogP contribution in [0.25, 0.3) is 0 Å². The van der Waals surface area contributed by atoms with E-state index in [9.17, 15) is 0 Å². The van der Waals surface area contributed by atoms with Gasteiger partial charge >= 0.3 is 0 Å². The first-order chi connectivity index (χ1) is 10.2. The molecular weight excluding hydrogens is 274 g/mol. The van der Waals surface area contributed by atoms with Crippen molar-refractivity contribution in [2.45, 2.75) is 52.0 Å². The van der Waals surface area contributed by atoms with E-state index in [1.54, 1.807) is 10.4 Å². The topological polar surface area (TPSA) is 12.0 Å². The largest absolute Gasteiger partial charge is 0.309 e. The molecule has 0 fully saturated rings. The quantitative estimate of drug-likeness (QED) is 0.834. The molecule has 0 saturated heterocycles. The molecule has 2 heteroatoms. The van der Waals surface area contributed by atoms with Crippen LogP contribution in [0, 0.1) is 6.92 Å². The van der Waals surface area contributed by atoms with E-state index in [-0.39, 0.29) is 0 Å². The van der Waals surface area contributed by atoms with Gasteiger partial charge in [0.15, 0.2) is 0 Å². The summed E-state index contributed by atoms with van der Waals surface area (Å²) in [4.78, 5) is 3.16. The molecular formula is C19H25NS. The van der Waals surface area contributed by atoms with Crippen LogP contribution in [0.5, 0.6) is 0 Å². The zero-order valence-corrected chi connectivity index (χ0v) is 13.9. The van der Waals surface area contributed by atoms with Gasteiger partial charge in [-0.05, 0) is 75.3 Å². The fraction of sp³-hybridized carbons (Fsp3) is 0.474. The van der Waals surface area contributed by atoms with Crippen molar-refractivity contribution in [1.29, 1.82) is 0 Å². The lowest BCUT2D eigenvalue weighted by atomic mass is 9.99. The minimum atomic E-state index is 0.476. The molecule has 1 N–H and O–H groups in total. The highest BCUT2D eigenvalue weighted by molar-refractivity contribution is 7.12. The average molecular weight is 299 g/mol. The Morgan fingerprint density at radius 1 is 1.19 bits per heavy atom. The van der Waals surface area contributed by atoms with Crippen LogP contribution in [0.1, 0.15) is 52.3 Å². The first kappa shape index (κ1) is 14.8. The molecule has 0 saturated carbocycles. The van der Waals surface area contributed by atoms with Crippen molar-refractivity contribution < 1.29 is 0 Å². The Balaban J connectivity index is 1.55. The molecule has 1 aromatic carbocycles. The second-order valence-corrected chi connectivity index (χ2v) is 7.32. The minimum Gasteiger partial charge on any atom is -0.309 e. The molecule has 0 radical (unpaired) electrons. The number of rotatable bonds is 5. The average Bonchev–Trinajstić information content (AvgIpc) is 2.93. The van der Waals surface area contributed by atoms with E-state index in [0.717, 1.165) is 13.0 Å². The Hall–Kier alpha value is -1.12. The third-order valence-corrected chi connectivity index (χ3v) is 5.97. The number of aryl methyl sites for hydroxylation is 3. The molecule has 1 unspecified atom stereocenters. The van der Waals surface area contributed by atoms with Crippen molar-refractivity contribution in [3.63, 3.8) is 0 Å². The molecule has 3 rings (SSSR count). The van der Waals surface area contributed by atoms with Crippen LogP contribution < -0.4 is 5.32 Å². The van der Waals surface area contributed by atoms with Gasteiger partial charge in [0.2, 0.25) is 0 Å². The van der Waals surface area contributed by atoms with E-state index in [1.807, 2.05) is 11.3 Å². The molecule has 1 aliphatic rings. The Morgan fingerprint density at radius 3 is 2.81 bits per heavy atom. The molecule has 1 nitrogen and oxygen atoms in total. The number of thiophene rings is 1. The number of hydrogen-bond acceptors (Lipinski definition) is 2. The summed E-state index contributed by atoms with van der Waals surface area (Å²) >= 11 is 2.03. The second kappa shape index (κ2) is 6.76. The normalized spacial score (nSPS) is 15.7. The minimum absolute atomic E-state index is 0.476. The van der Waals surface area contributed by atoms with Gasteiger partial charge in [-0.25, -0.2) is 0 Å². The predicted molar refractivity (Wildman–Crippen MR) is 92.3 cm³/mol. The first-order valence-corrected chi connectivity index (χ1v) is 8.95. The molecule has 21 heavy (non-hydrogen) atoms. The summed E-state index contributed by atoms with van der Waals surface area (Å²) in [5, 5.41) is 3.69. The lowest BCUT2D eigenvalue weighted by Gasteiger charge is -2.13. The Morgan fingerprint density at radius 2 is 2.00 bits per heavy atom. The van der Waals surface area contributed by atoms with Gasteiger partial charge < -0.3 is 5.32 Å². The summed E-state index contributed by atoms with van der Waals surface area (Å²) in [5.74, 6) is 0. The Bertz CT molecular complexity index is 576. The molecule has 0 amide bonds. The molecule has 0 aliphatic heterocycles. The molecule has 1 heterocycles. The van der Waals surface area contributed by atoms with Gasteiger partial charge in [-0.1, -0.05) is 24.3 Å². The maximum absolute atomic E-state index is 3.69. The molecule has 2 aromatic rings. The summed E-state index contributed by atoms with van der Waals surface area (Å²) < 4.78 is 0. The van der Waals surface area contributed by atoms with Crippen LogP contribution in [-0.2, 0) is 19.3 Å². The van der Waals surface area contributed by atoms with Gasteiger partial charge in [0.05, 0.1) is 0 Å². The van der Waals surface area contributed by atoms with Crippen molar-refractivity contribution in [1.82, 2.24) is 5.32 Å². The SMILES string of the molecule is Cc1ccccc1CCNC(C)c1cc2c(s1)CCCC2. The van der Waals surface area contributed by atoms with Gasteiger partial charge in [-0.15, -0.1) is 11.3 Å². The maximum atomic E-state index is 3.69. The lowest BCUT2D eigenvalue weighted by molar-refractivity contribution is 0.583. The molecule has 1 aromatic heterocycles. The van der Waals surface area contributed by atoms with Gasteiger partial charge in [0.25, 0.3) is 0 Å². The van der Waals surface area contributed by atoms with Crippen molar-refractivity contribution >= 4 is 11.3 Å². The predicted octanol–water partition coefficient (Wildman–Crippen LogP) is 4.83. The molecule has 1 aliphatic carbocycles. The maximum Gasteiger partial charge on any atom is 0.0386 e. The fourth-order valence-corrected chi connectivity index (χ4v) is 4.43. The summed E-state index contributed by atoms with van der Waals surface area (Å²) in [6, 6.07) is 11.6. The standard InChI is InChI=1S/C19H25NS/c1-14-7-3-4-8-16(14)11-12-20-15(2)19-13-17-9-5-6-10-18(17)21-19/h3-4,7-8,13,15,20H,5-6,9-12H2,1-2H3. The molecule has 0 spiro atoms. The van der Waals surface area contributed by atoms with E-state index in [2.05, 4.69) is 49.5 Å². The van der Waals surface area contributed by atoms with Gasteiger partial charge in [0, 0.05) is 15.8 Å². The van der Waals surface area contributed by atoms with Crippen LogP contribution in [0.4, 0.5) is 0 Å². The third kappa shape index (κ3) is 3.56. The van der Waals surface area contributed by atoms with E-state index >= 15 is 0 Å². The van der Waals surface area contributed by atoms with Crippen molar-refractivity contribution in [2.75, 3.05) is 6.54 Å². The molecule has 0 bridgehead atoms. The van der Waals surface area contributed by atoms with Crippen LogP contribution in [0.2, 0.25) is 0 Å². The molecule has 1 atom stereocenters. The van der Waals surface area contributed by atoms with Crippen LogP contribution >= 0.6 is 11.3 Å². The van der Waals surface area contributed by atoms with Crippen LogP contribution in [-0.4, -0.2) is 6.54 Å². The lowest BCUT2D eigenvalue weighted by Crippen LogP contribution is -2.20. The second-order valence-electron chi connectivity index (χ2n) is 6.16. The van der Waals surface area contributed by atoms with E-state index in [0.29, 0.717) is 6.04 Å². The summed E-state index contributed by atoms with van der Waals surface area (Å²) in [5.41, 5.74) is 4.48. The highest BCUT2D eigenvalue weighted by Crippen LogP contribution is 2.32. The van der Waals surface area contributed by atoms with E-state index < -0.39 is 0 Å². The van der Waals surface area contributed by atoms with Gasteiger partial charge in [-0.2, -0.15) is 0 Å². The van der Waals surface area contributed by atoms with Crippen molar-refractivity contribution in [2.24, 2.45) is 0 Å². The number of hydrogen-bond donors (Lipinski definition) is 1. The number of benzene rings is 1. The zero-order chi connectivity index (χ0) is 14.7. The first-order valence-electron chi connectivity index (χ1n) is 8.13. The van der Waals surface area contributed by atoms with Crippen molar-refractivity contribution in [3.05, 3.63) is 56.8 Å². The Labute approximate surface area is 132 Å². The third-order valence-electron chi connectivity index (χ3n) is 4.55. The highest BCUT2D eigenvalue weighted by atomic mass is 32.1. The fourth-order valence-electron chi connectivity index (χ4n) is 3.14.